The normalized spacial score (nSPS) is 16.6. The van der Waals surface area contributed by atoms with Crippen molar-refractivity contribution in [1.82, 2.24) is 14.8 Å². The molecular formula is C18H23N3O3. The Hall–Kier alpha value is -2.18. The smallest absolute Gasteiger partial charge is 0.317 e. The number of hydrogen-bond acceptors (Lipinski definition) is 5. The van der Waals surface area contributed by atoms with Crippen LogP contribution in [-0.2, 0) is 11.3 Å². The van der Waals surface area contributed by atoms with Gasteiger partial charge in [-0.2, -0.15) is 0 Å². The number of likely N-dealkylation sites (tertiary alicyclic amines) is 1. The molecule has 0 spiro atoms. The SMILES string of the molecule is CN(CC(=O)O)C1CCN(Cc2coc(-c3ccccc3)n2)CC1. The number of benzene rings is 1. The highest BCUT2D eigenvalue weighted by Crippen LogP contribution is 2.21. The average Bonchev–Trinajstić information content (AvgIpc) is 3.04. The summed E-state index contributed by atoms with van der Waals surface area (Å²) in [5.41, 5.74) is 1.92. The molecule has 1 aromatic heterocycles. The van der Waals surface area contributed by atoms with Crippen molar-refractivity contribution in [1.29, 1.82) is 0 Å². The molecule has 1 fully saturated rings. The van der Waals surface area contributed by atoms with E-state index in [-0.39, 0.29) is 6.54 Å². The zero-order chi connectivity index (χ0) is 16.9. The first kappa shape index (κ1) is 16.7. The van der Waals surface area contributed by atoms with E-state index in [1.807, 2.05) is 42.3 Å². The van der Waals surface area contributed by atoms with E-state index in [1.165, 1.54) is 0 Å². The van der Waals surface area contributed by atoms with Crippen molar-refractivity contribution in [2.24, 2.45) is 0 Å². The summed E-state index contributed by atoms with van der Waals surface area (Å²) in [6.07, 6.45) is 3.69. The van der Waals surface area contributed by atoms with Crippen molar-refractivity contribution in [3.8, 4) is 11.5 Å². The molecule has 6 nitrogen and oxygen atoms in total. The van der Waals surface area contributed by atoms with E-state index in [2.05, 4.69) is 9.88 Å². The molecule has 1 aliphatic rings. The number of rotatable bonds is 6. The van der Waals surface area contributed by atoms with Crippen molar-refractivity contribution in [3.63, 3.8) is 0 Å². The van der Waals surface area contributed by atoms with Gasteiger partial charge in [0.25, 0.3) is 0 Å². The number of aliphatic carboxylic acids is 1. The molecule has 24 heavy (non-hydrogen) atoms. The standard InChI is InChI=1S/C18H23N3O3/c1-20(12-17(22)23)16-7-9-21(10-8-16)11-15-13-24-18(19-15)14-5-3-2-4-6-14/h2-6,13,16H,7-12H2,1H3,(H,22,23). The van der Waals surface area contributed by atoms with E-state index >= 15 is 0 Å². The zero-order valence-corrected chi connectivity index (χ0v) is 13.9. The quantitative estimate of drug-likeness (QED) is 0.877. The number of aromatic nitrogens is 1. The van der Waals surface area contributed by atoms with Crippen LogP contribution in [0.3, 0.4) is 0 Å². The number of hydrogen-bond donors (Lipinski definition) is 1. The zero-order valence-electron chi connectivity index (χ0n) is 13.9. The first-order chi connectivity index (χ1) is 11.6. The van der Waals surface area contributed by atoms with E-state index in [0.29, 0.717) is 11.9 Å². The van der Waals surface area contributed by atoms with Crippen LogP contribution in [0.4, 0.5) is 0 Å². The lowest BCUT2D eigenvalue weighted by molar-refractivity contribution is -0.138. The largest absolute Gasteiger partial charge is 0.480 e. The summed E-state index contributed by atoms with van der Waals surface area (Å²) < 4.78 is 5.58. The first-order valence-electron chi connectivity index (χ1n) is 8.26. The minimum Gasteiger partial charge on any atom is -0.480 e. The lowest BCUT2D eigenvalue weighted by Gasteiger charge is -2.35. The molecule has 0 saturated carbocycles. The van der Waals surface area contributed by atoms with Gasteiger partial charge in [-0.3, -0.25) is 14.6 Å². The number of carbonyl (C=O) groups is 1. The van der Waals surface area contributed by atoms with Crippen LogP contribution in [0.15, 0.2) is 41.0 Å². The summed E-state index contributed by atoms with van der Waals surface area (Å²) in [5.74, 6) is -0.113. The fourth-order valence-corrected chi connectivity index (χ4v) is 3.18. The molecule has 1 saturated heterocycles. The van der Waals surface area contributed by atoms with E-state index in [1.54, 1.807) is 6.26 Å². The third-order valence-corrected chi connectivity index (χ3v) is 4.52. The highest BCUT2D eigenvalue weighted by atomic mass is 16.4. The molecule has 0 amide bonds. The van der Waals surface area contributed by atoms with Gasteiger partial charge >= 0.3 is 5.97 Å². The van der Waals surface area contributed by atoms with Crippen molar-refractivity contribution in [3.05, 3.63) is 42.3 Å². The fourth-order valence-electron chi connectivity index (χ4n) is 3.18. The van der Waals surface area contributed by atoms with Gasteiger partial charge < -0.3 is 9.52 Å². The number of oxazole rings is 1. The Morgan fingerprint density at radius 3 is 2.71 bits per heavy atom. The van der Waals surface area contributed by atoms with E-state index in [0.717, 1.165) is 43.7 Å². The predicted octanol–water partition coefficient (Wildman–Crippen LogP) is 2.32. The number of carboxylic acid groups (broad SMARTS) is 1. The first-order valence-corrected chi connectivity index (χ1v) is 8.26. The Kier molecular flexibility index (Phi) is 5.27. The minimum absolute atomic E-state index is 0.106. The Labute approximate surface area is 141 Å². The highest BCUT2D eigenvalue weighted by Gasteiger charge is 2.24. The maximum Gasteiger partial charge on any atom is 0.317 e. The maximum absolute atomic E-state index is 10.8. The molecule has 0 radical (unpaired) electrons. The highest BCUT2D eigenvalue weighted by molar-refractivity contribution is 5.69. The molecule has 1 N–H and O–H groups in total. The van der Waals surface area contributed by atoms with Crippen molar-refractivity contribution < 1.29 is 14.3 Å². The summed E-state index contributed by atoms with van der Waals surface area (Å²) in [5, 5.41) is 8.89. The lowest BCUT2D eigenvalue weighted by atomic mass is 10.0. The number of piperidine rings is 1. The van der Waals surface area contributed by atoms with E-state index in [4.69, 9.17) is 9.52 Å². The second-order valence-electron chi connectivity index (χ2n) is 6.33. The second kappa shape index (κ2) is 7.59. The van der Waals surface area contributed by atoms with Crippen molar-refractivity contribution >= 4 is 5.97 Å². The molecule has 3 rings (SSSR count). The van der Waals surface area contributed by atoms with Crippen LogP contribution in [0.1, 0.15) is 18.5 Å². The average molecular weight is 329 g/mol. The summed E-state index contributed by atoms with van der Waals surface area (Å²) in [6, 6.07) is 10.2. The van der Waals surface area contributed by atoms with Crippen LogP contribution in [0, 0.1) is 0 Å². The van der Waals surface area contributed by atoms with Crippen LogP contribution >= 0.6 is 0 Å². The third-order valence-electron chi connectivity index (χ3n) is 4.52. The minimum atomic E-state index is -0.768. The van der Waals surface area contributed by atoms with Crippen LogP contribution < -0.4 is 0 Å². The Balaban J connectivity index is 1.52. The molecule has 0 atom stereocenters. The summed E-state index contributed by atoms with van der Waals surface area (Å²) in [4.78, 5) is 19.7. The van der Waals surface area contributed by atoms with E-state index < -0.39 is 5.97 Å². The number of nitrogens with zero attached hydrogens (tertiary/aromatic N) is 3. The molecule has 1 aromatic carbocycles. The fraction of sp³-hybridized carbons (Fsp3) is 0.444. The maximum atomic E-state index is 10.8. The Morgan fingerprint density at radius 1 is 1.33 bits per heavy atom. The lowest BCUT2D eigenvalue weighted by Crippen LogP contribution is -2.44. The summed E-state index contributed by atoms with van der Waals surface area (Å²) in [7, 11) is 1.89. The molecule has 6 heteroatoms. The van der Waals surface area contributed by atoms with Gasteiger partial charge in [-0.15, -0.1) is 0 Å². The predicted molar refractivity (Wildman–Crippen MR) is 90.5 cm³/mol. The van der Waals surface area contributed by atoms with Gasteiger partial charge in [-0.1, -0.05) is 18.2 Å². The molecule has 1 aliphatic heterocycles. The molecule has 0 bridgehead atoms. The van der Waals surface area contributed by atoms with Gasteiger partial charge in [0.05, 0.1) is 12.2 Å². The Bertz CT molecular complexity index is 663. The monoisotopic (exact) mass is 329 g/mol. The Morgan fingerprint density at radius 2 is 2.04 bits per heavy atom. The van der Waals surface area contributed by atoms with Crippen LogP contribution in [0.5, 0.6) is 0 Å². The topological polar surface area (TPSA) is 69.8 Å². The summed E-state index contributed by atoms with van der Waals surface area (Å²) in [6.45, 7) is 2.77. The van der Waals surface area contributed by atoms with Gasteiger partial charge in [-0.05, 0) is 32.0 Å². The van der Waals surface area contributed by atoms with Crippen molar-refractivity contribution in [2.45, 2.75) is 25.4 Å². The molecule has 2 aromatic rings. The van der Waals surface area contributed by atoms with E-state index in [9.17, 15) is 4.79 Å². The number of likely N-dealkylation sites (N-methyl/N-ethyl adjacent to an activating group) is 1. The number of carboxylic acids is 1. The second-order valence-corrected chi connectivity index (χ2v) is 6.33. The van der Waals surface area contributed by atoms with Crippen LogP contribution in [-0.4, -0.2) is 58.6 Å². The van der Waals surface area contributed by atoms with Crippen LogP contribution in [0.2, 0.25) is 0 Å². The van der Waals surface area contributed by atoms with Crippen LogP contribution in [0.25, 0.3) is 11.5 Å². The molecule has 0 aliphatic carbocycles. The van der Waals surface area contributed by atoms with Crippen molar-refractivity contribution in [2.75, 3.05) is 26.7 Å². The van der Waals surface area contributed by atoms with Gasteiger partial charge in [0.2, 0.25) is 5.89 Å². The third kappa shape index (κ3) is 4.21. The molecule has 2 heterocycles. The molecule has 0 unspecified atom stereocenters. The molecular weight excluding hydrogens is 306 g/mol. The summed E-state index contributed by atoms with van der Waals surface area (Å²) >= 11 is 0. The van der Waals surface area contributed by atoms with Gasteiger partial charge in [0.1, 0.15) is 6.26 Å². The van der Waals surface area contributed by atoms with Gasteiger partial charge in [-0.25, -0.2) is 4.98 Å². The molecule has 128 valence electrons. The van der Waals surface area contributed by atoms with Gasteiger partial charge in [0.15, 0.2) is 0 Å². The van der Waals surface area contributed by atoms with Gasteiger partial charge in [0, 0.05) is 31.2 Å².